The molecule has 0 spiro atoms. The summed E-state index contributed by atoms with van der Waals surface area (Å²) in [5.41, 5.74) is -1.85. The molecule has 3 N–H and O–H groups in total. The Morgan fingerprint density at radius 1 is 1.15 bits per heavy atom. The summed E-state index contributed by atoms with van der Waals surface area (Å²) in [6.07, 6.45) is 1.59. The molecule has 2 saturated carbocycles. The van der Waals surface area contributed by atoms with Crippen LogP contribution in [0.1, 0.15) is 61.3 Å². The molecular weight excluding hydrogens is 424 g/mol. The van der Waals surface area contributed by atoms with E-state index < -0.39 is 40.6 Å². The third-order valence-electron chi connectivity index (χ3n) is 8.00. The zero-order valence-electron chi connectivity index (χ0n) is 20.8. The minimum Gasteiger partial charge on any atom is -0.350 e. The number of rotatable bonds is 9. The van der Waals surface area contributed by atoms with Crippen LogP contribution in [0.2, 0.25) is 0 Å². The summed E-state index contributed by atoms with van der Waals surface area (Å²) in [5, 5.41) is 8.06. The predicted molar refractivity (Wildman–Crippen MR) is 122 cm³/mol. The summed E-state index contributed by atoms with van der Waals surface area (Å²) >= 11 is 0. The summed E-state index contributed by atoms with van der Waals surface area (Å²) in [5.74, 6) is -1.98. The zero-order chi connectivity index (χ0) is 24.9. The second-order valence-electron chi connectivity index (χ2n) is 11.4. The van der Waals surface area contributed by atoms with Crippen molar-refractivity contribution in [3.8, 4) is 0 Å². The predicted octanol–water partition coefficient (Wildman–Crippen LogP) is 0.620. The van der Waals surface area contributed by atoms with Crippen LogP contribution in [-0.4, -0.2) is 65.5 Å². The quantitative estimate of drug-likeness (QED) is 0.342. The highest BCUT2D eigenvalue weighted by Crippen LogP contribution is 2.65. The van der Waals surface area contributed by atoms with Crippen LogP contribution >= 0.6 is 0 Å². The number of amides is 4. The molecule has 33 heavy (non-hydrogen) atoms. The van der Waals surface area contributed by atoms with Crippen molar-refractivity contribution in [1.82, 2.24) is 20.9 Å². The van der Waals surface area contributed by atoms with Crippen LogP contribution in [0.3, 0.4) is 0 Å². The van der Waals surface area contributed by atoms with Crippen LogP contribution in [0.5, 0.6) is 0 Å². The van der Waals surface area contributed by atoms with E-state index in [0.717, 1.165) is 0 Å². The highest BCUT2D eigenvalue weighted by molar-refractivity contribution is 6.41. The van der Waals surface area contributed by atoms with Crippen LogP contribution in [0, 0.1) is 28.6 Å². The van der Waals surface area contributed by atoms with Crippen LogP contribution < -0.4 is 16.0 Å². The van der Waals surface area contributed by atoms with E-state index in [2.05, 4.69) is 29.8 Å². The largest absolute Gasteiger partial charge is 0.350 e. The SMILES string of the molecule is CCNC(=O)C(=O)[C@@]1(NC(=O)[C@@H]2[C@@H]3[C@H](CN2C(=O)[C@@H](NC=O)C(C)(C)C)C3(C)C)C[C@@H]1CC. The monoisotopic (exact) mass is 462 g/mol. The maximum absolute atomic E-state index is 13.6. The maximum Gasteiger partial charge on any atom is 0.289 e. The lowest BCUT2D eigenvalue weighted by Gasteiger charge is -2.37. The molecule has 184 valence electrons. The Bertz CT molecular complexity index is 863. The van der Waals surface area contributed by atoms with E-state index >= 15 is 0 Å². The molecule has 0 aromatic carbocycles. The number of nitrogens with zero attached hydrogens (tertiary/aromatic N) is 1. The molecular formula is C24H38N4O5. The number of carbonyl (C=O) groups excluding carboxylic acids is 5. The van der Waals surface area contributed by atoms with E-state index in [-0.39, 0.29) is 29.1 Å². The van der Waals surface area contributed by atoms with Gasteiger partial charge >= 0.3 is 0 Å². The lowest BCUT2D eigenvalue weighted by Crippen LogP contribution is -2.60. The van der Waals surface area contributed by atoms with Gasteiger partial charge in [-0.2, -0.15) is 0 Å². The number of hydrogen-bond donors (Lipinski definition) is 3. The topological polar surface area (TPSA) is 125 Å². The average molecular weight is 463 g/mol. The Labute approximate surface area is 195 Å². The van der Waals surface area contributed by atoms with Crippen LogP contribution in [0.15, 0.2) is 0 Å². The fraction of sp³-hybridized carbons (Fsp3) is 0.792. The van der Waals surface area contributed by atoms with Crippen LogP contribution in [0.25, 0.3) is 0 Å². The summed E-state index contributed by atoms with van der Waals surface area (Å²) in [6, 6.07) is -1.52. The Kier molecular flexibility index (Phi) is 6.41. The van der Waals surface area contributed by atoms with Gasteiger partial charge < -0.3 is 20.9 Å². The molecule has 3 rings (SSSR count). The van der Waals surface area contributed by atoms with Gasteiger partial charge in [-0.15, -0.1) is 0 Å². The number of likely N-dealkylation sites (tertiary alicyclic amines) is 1. The molecule has 0 bridgehead atoms. The molecule has 1 aliphatic heterocycles. The van der Waals surface area contributed by atoms with Crippen molar-refractivity contribution in [3.05, 3.63) is 0 Å². The average Bonchev–Trinajstić information content (AvgIpc) is 3.48. The molecule has 0 radical (unpaired) electrons. The third kappa shape index (κ3) is 4.15. The minimum absolute atomic E-state index is 0.0336. The molecule has 1 heterocycles. The molecule has 0 aromatic rings. The van der Waals surface area contributed by atoms with Gasteiger partial charge in [-0.1, -0.05) is 48.0 Å². The summed E-state index contributed by atoms with van der Waals surface area (Å²) in [6.45, 7) is 14.1. The first-order valence-corrected chi connectivity index (χ1v) is 11.9. The van der Waals surface area contributed by atoms with E-state index in [1.807, 2.05) is 27.7 Å². The minimum atomic E-state index is -1.21. The summed E-state index contributed by atoms with van der Waals surface area (Å²) < 4.78 is 0. The zero-order valence-corrected chi connectivity index (χ0v) is 20.8. The van der Waals surface area contributed by atoms with Crippen molar-refractivity contribution in [1.29, 1.82) is 0 Å². The Morgan fingerprint density at radius 2 is 1.79 bits per heavy atom. The number of carbonyl (C=O) groups is 5. The molecule has 6 atom stereocenters. The molecule has 2 aliphatic carbocycles. The second kappa shape index (κ2) is 8.40. The van der Waals surface area contributed by atoms with Gasteiger partial charge in [-0.3, -0.25) is 24.0 Å². The van der Waals surface area contributed by atoms with Gasteiger partial charge in [0, 0.05) is 13.1 Å². The van der Waals surface area contributed by atoms with Crippen molar-refractivity contribution in [2.24, 2.45) is 28.6 Å². The first-order chi connectivity index (χ1) is 15.3. The van der Waals surface area contributed by atoms with Gasteiger partial charge in [0.25, 0.3) is 5.91 Å². The molecule has 3 fully saturated rings. The molecule has 4 amide bonds. The van der Waals surface area contributed by atoms with Crippen molar-refractivity contribution in [3.63, 3.8) is 0 Å². The van der Waals surface area contributed by atoms with Gasteiger partial charge in [-0.25, -0.2) is 0 Å². The Morgan fingerprint density at radius 3 is 2.27 bits per heavy atom. The summed E-state index contributed by atoms with van der Waals surface area (Å²) in [7, 11) is 0. The number of nitrogens with one attached hydrogen (secondary N) is 3. The molecule has 9 nitrogen and oxygen atoms in total. The second-order valence-corrected chi connectivity index (χ2v) is 11.4. The molecule has 0 aromatic heterocycles. The summed E-state index contributed by atoms with van der Waals surface area (Å²) in [4.78, 5) is 65.1. The number of piperidine rings is 1. The van der Waals surface area contributed by atoms with Gasteiger partial charge in [0.15, 0.2) is 0 Å². The van der Waals surface area contributed by atoms with E-state index in [4.69, 9.17) is 0 Å². The van der Waals surface area contributed by atoms with Gasteiger partial charge in [0.05, 0.1) is 0 Å². The van der Waals surface area contributed by atoms with Crippen molar-refractivity contribution in [2.75, 3.05) is 13.1 Å². The van der Waals surface area contributed by atoms with Gasteiger partial charge in [-0.05, 0) is 41.9 Å². The van der Waals surface area contributed by atoms with E-state index in [1.54, 1.807) is 11.8 Å². The van der Waals surface area contributed by atoms with E-state index in [1.165, 1.54) is 0 Å². The number of hydrogen-bond acceptors (Lipinski definition) is 5. The van der Waals surface area contributed by atoms with Crippen molar-refractivity contribution < 1.29 is 24.0 Å². The lowest BCUT2D eigenvalue weighted by atomic mass is 9.85. The van der Waals surface area contributed by atoms with Crippen molar-refractivity contribution >= 4 is 29.9 Å². The Hall–Kier alpha value is -2.45. The molecule has 1 saturated heterocycles. The molecule has 3 aliphatic rings. The first kappa shape index (κ1) is 25.2. The number of fused-ring (bicyclic) bond motifs is 1. The smallest absolute Gasteiger partial charge is 0.289 e. The highest BCUT2D eigenvalue weighted by Gasteiger charge is 2.71. The van der Waals surface area contributed by atoms with Gasteiger partial charge in [0.2, 0.25) is 24.0 Å². The van der Waals surface area contributed by atoms with E-state index in [0.29, 0.717) is 32.3 Å². The fourth-order valence-electron chi connectivity index (χ4n) is 5.79. The number of Topliss-reactive ketones (excluding diaryl/α,β-unsaturated/α-hetero) is 1. The molecule has 9 heteroatoms. The van der Waals surface area contributed by atoms with Crippen molar-refractivity contribution in [2.45, 2.75) is 78.9 Å². The number of ketones is 1. The van der Waals surface area contributed by atoms with Crippen LogP contribution in [0.4, 0.5) is 0 Å². The van der Waals surface area contributed by atoms with E-state index in [9.17, 15) is 24.0 Å². The highest BCUT2D eigenvalue weighted by atomic mass is 16.2. The van der Waals surface area contributed by atoms with Crippen LogP contribution in [-0.2, 0) is 24.0 Å². The third-order valence-corrected chi connectivity index (χ3v) is 8.00. The Balaban J connectivity index is 1.87. The standard InChI is InChI=1S/C24H38N4O5/c1-8-13-10-24(13,18(30)20(32)25-9-2)27-19(31)16-15-14(23(15,6)7)11-28(16)21(33)17(26-12-29)22(3,4)5/h12-17H,8-11H2,1-7H3,(H,25,32)(H,26,29)(H,27,31)/t13-,14-,15-,16-,17+,24+/m0/s1. The first-order valence-electron chi connectivity index (χ1n) is 11.9. The lowest BCUT2D eigenvalue weighted by molar-refractivity contribution is -0.146. The number of likely N-dealkylation sites (N-methyl/N-ethyl adjacent to an activating group) is 1. The maximum atomic E-state index is 13.6. The normalized spacial score (nSPS) is 32.3. The fourth-order valence-corrected chi connectivity index (χ4v) is 5.79. The van der Waals surface area contributed by atoms with Gasteiger partial charge in [0.1, 0.15) is 17.6 Å². The molecule has 0 unspecified atom stereocenters.